The number of anilines is 1. The van der Waals surface area contributed by atoms with Crippen LogP contribution in [0, 0.1) is 11.7 Å². The van der Waals surface area contributed by atoms with Crippen LogP contribution in [0.2, 0.25) is 0 Å². The van der Waals surface area contributed by atoms with Gasteiger partial charge in [0.15, 0.2) is 0 Å². The third kappa shape index (κ3) is 2.71. The maximum absolute atomic E-state index is 14.0. The Morgan fingerprint density at radius 3 is 2.83 bits per heavy atom. The van der Waals surface area contributed by atoms with E-state index < -0.39 is 0 Å². The van der Waals surface area contributed by atoms with E-state index in [0.29, 0.717) is 11.4 Å². The van der Waals surface area contributed by atoms with E-state index in [4.69, 9.17) is 0 Å². The molecular formula is C18H17FN4O. The van der Waals surface area contributed by atoms with Gasteiger partial charge < -0.3 is 9.88 Å². The SMILES string of the molecule is Cn1cc([C@@H]2C[C@H]2C(=O)Nc2ccc(F)c(-n3cccc3)c2)cn1. The van der Waals surface area contributed by atoms with E-state index in [0.717, 1.165) is 12.0 Å². The molecule has 0 spiro atoms. The van der Waals surface area contributed by atoms with Gasteiger partial charge in [0.25, 0.3) is 0 Å². The van der Waals surface area contributed by atoms with Crippen LogP contribution < -0.4 is 5.32 Å². The average molecular weight is 324 g/mol. The van der Waals surface area contributed by atoms with Crippen molar-refractivity contribution in [3.05, 3.63) is 66.5 Å². The van der Waals surface area contributed by atoms with Gasteiger partial charge in [-0.25, -0.2) is 4.39 Å². The number of amides is 1. The smallest absolute Gasteiger partial charge is 0.228 e. The molecule has 6 heteroatoms. The first kappa shape index (κ1) is 14.7. The second-order valence-electron chi connectivity index (χ2n) is 6.14. The number of benzene rings is 1. The molecule has 3 aromatic rings. The summed E-state index contributed by atoms with van der Waals surface area (Å²) in [5.74, 6) is -0.185. The summed E-state index contributed by atoms with van der Waals surface area (Å²) in [6.45, 7) is 0. The number of aromatic nitrogens is 3. The first-order valence-corrected chi connectivity index (χ1v) is 7.84. The molecule has 1 fully saturated rings. The second-order valence-corrected chi connectivity index (χ2v) is 6.14. The number of hydrogen-bond acceptors (Lipinski definition) is 2. The lowest BCUT2D eigenvalue weighted by Crippen LogP contribution is -2.15. The monoisotopic (exact) mass is 324 g/mol. The fraction of sp³-hybridized carbons (Fsp3) is 0.222. The molecule has 0 radical (unpaired) electrons. The number of carbonyl (C=O) groups excluding carboxylic acids is 1. The number of halogens is 1. The summed E-state index contributed by atoms with van der Waals surface area (Å²) in [5.41, 5.74) is 2.10. The molecule has 122 valence electrons. The fourth-order valence-electron chi connectivity index (χ4n) is 3.00. The molecule has 2 atom stereocenters. The van der Waals surface area contributed by atoms with Crippen LogP contribution in [0.5, 0.6) is 0 Å². The van der Waals surface area contributed by atoms with Crippen molar-refractivity contribution in [3.63, 3.8) is 0 Å². The van der Waals surface area contributed by atoms with Gasteiger partial charge in [0.2, 0.25) is 5.91 Å². The zero-order valence-corrected chi connectivity index (χ0v) is 13.2. The van der Waals surface area contributed by atoms with Crippen LogP contribution in [-0.2, 0) is 11.8 Å². The van der Waals surface area contributed by atoms with Crippen LogP contribution in [0.4, 0.5) is 10.1 Å². The maximum atomic E-state index is 14.0. The predicted octanol–water partition coefficient (Wildman–Crippen LogP) is 3.09. The molecule has 0 aliphatic heterocycles. The van der Waals surface area contributed by atoms with E-state index in [2.05, 4.69) is 10.4 Å². The van der Waals surface area contributed by atoms with Crippen LogP contribution in [0.25, 0.3) is 5.69 Å². The summed E-state index contributed by atoms with van der Waals surface area (Å²) in [6, 6.07) is 8.26. The number of aryl methyl sites for hydroxylation is 1. The second kappa shape index (κ2) is 5.63. The average Bonchev–Trinajstić information content (AvgIpc) is 2.96. The van der Waals surface area contributed by atoms with Crippen LogP contribution in [0.1, 0.15) is 17.9 Å². The van der Waals surface area contributed by atoms with Crippen molar-refractivity contribution in [1.82, 2.24) is 14.3 Å². The van der Waals surface area contributed by atoms with Crippen molar-refractivity contribution in [2.75, 3.05) is 5.32 Å². The largest absolute Gasteiger partial charge is 0.326 e. The molecule has 0 bridgehead atoms. The molecule has 2 aromatic heterocycles. The quantitative estimate of drug-likeness (QED) is 0.802. The summed E-state index contributed by atoms with van der Waals surface area (Å²) in [4.78, 5) is 12.4. The highest BCUT2D eigenvalue weighted by atomic mass is 19.1. The van der Waals surface area contributed by atoms with E-state index in [1.807, 2.05) is 25.4 Å². The van der Waals surface area contributed by atoms with Gasteiger partial charge in [-0.05, 0) is 48.2 Å². The van der Waals surface area contributed by atoms with Crippen molar-refractivity contribution in [2.24, 2.45) is 13.0 Å². The molecule has 0 unspecified atom stereocenters. The highest BCUT2D eigenvalue weighted by Crippen LogP contribution is 2.47. The van der Waals surface area contributed by atoms with Crippen LogP contribution in [-0.4, -0.2) is 20.3 Å². The van der Waals surface area contributed by atoms with Gasteiger partial charge in [-0.2, -0.15) is 5.10 Å². The Bertz CT molecular complexity index is 884. The summed E-state index contributed by atoms with van der Waals surface area (Å²) < 4.78 is 17.4. The van der Waals surface area contributed by atoms with Gasteiger partial charge in [0.05, 0.1) is 11.9 Å². The van der Waals surface area contributed by atoms with E-state index in [-0.39, 0.29) is 23.6 Å². The molecule has 24 heavy (non-hydrogen) atoms. The van der Waals surface area contributed by atoms with Crippen molar-refractivity contribution in [2.45, 2.75) is 12.3 Å². The van der Waals surface area contributed by atoms with Crippen molar-refractivity contribution in [3.8, 4) is 5.69 Å². The lowest BCUT2D eigenvalue weighted by Gasteiger charge is -2.09. The highest BCUT2D eigenvalue weighted by Gasteiger charge is 2.44. The fourth-order valence-corrected chi connectivity index (χ4v) is 3.00. The highest BCUT2D eigenvalue weighted by molar-refractivity contribution is 5.95. The lowest BCUT2D eigenvalue weighted by atomic mass is 10.2. The van der Waals surface area contributed by atoms with Gasteiger partial charge in [0, 0.05) is 37.2 Å². The van der Waals surface area contributed by atoms with Crippen molar-refractivity contribution < 1.29 is 9.18 Å². The van der Waals surface area contributed by atoms with E-state index in [1.54, 1.807) is 40.0 Å². The Morgan fingerprint density at radius 1 is 1.33 bits per heavy atom. The summed E-state index contributed by atoms with van der Waals surface area (Å²) >= 11 is 0. The molecule has 2 heterocycles. The minimum Gasteiger partial charge on any atom is -0.326 e. The minimum atomic E-state index is -0.330. The molecule has 1 aliphatic rings. The van der Waals surface area contributed by atoms with Gasteiger partial charge in [-0.3, -0.25) is 9.48 Å². The third-order valence-corrected chi connectivity index (χ3v) is 4.38. The number of carbonyl (C=O) groups is 1. The molecule has 0 saturated heterocycles. The van der Waals surface area contributed by atoms with Crippen LogP contribution in [0.3, 0.4) is 0 Å². The number of hydrogen-bond donors (Lipinski definition) is 1. The lowest BCUT2D eigenvalue weighted by molar-refractivity contribution is -0.117. The van der Waals surface area contributed by atoms with Gasteiger partial charge in [-0.1, -0.05) is 0 Å². The van der Waals surface area contributed by atoms with Gasteiger partial charge >= 0.3 is 0 Å². The number of rotatable bonds is 4. The zero-order chi connectivity index (χ0) is 16.7. The van der Waals surface area contributed by atoms with Gasteiger partial charge in [-0.15, -0.1) is 0 Å². The molecule has 1 aromatic carbocycles. The predicted molar refractivity (Wildman–Crippen MR) is 88.4 cm³/mol. The third-order valence-electron chi connectivity index (χ3n) is 4.38. The first-order valence-electron chi connectivity index (χ1n) is 7.84. The molecule has 1 aliphatic carbocycles. The zero-order valence-electron chi connectivity index (χ0n) is 13.2. The Labute approximate surface area is 138 Å². The molecule has 4 rings (SSSR count). The Morgan fingerprint density at radius 2 is 2.12 bits per heavy atom. The summed E-state index contributed by atoms with van der Waals surface area (Å²) in [5, 5.41) is 7.04. The number of nitrogens with zero attached hydrogens (tertiary/aromatic N) is 3. The molecule has 1 N–H and O–H groups in total. The molecular weight excluding hydrogens is 307 g/mol. The van der Waals surface area contributed by atoms with Gasteiger partial charge in [0.1, 0.15) is 5.82 Å². The Hall–Kier alpha value is -2.89. The standard InChI is InChI=1S/C18H17FN4O/c1-22-11-12(10-20-22)14-9-15(14)18(24)21-13-4-5-16(19)17(8-13)23-6-2-3-7-23/h2-8,10-11,14-15H,9H2,1H3,(H,21,24)/t14-,15+/m0/s1. The minimum absolute atomic E-state index is 0.0334. The molecule has 1 amide bonds. The molecule has 5 nitrogen and oxygen atoms in total. The maximum Gasteiger partial charge on any atom is 0.228 e. The molecule has 1 saturated carbocycles. The summed E-state index contributed by atoms with van der Waals surface area (Å²) in [6.07, 6.45) is 8.11. The topological polar surface area (TPSA) is 51.9 Å². The number of nitrogens with one attached hydrogen (secondary N) is 1. The van der Waals surface area contributed by atoms with Crippen LogP contribution >= 0.6 is 0 Å². The first-order chi connectivity index (χ1) is 11.6. The van der Waals surface area contributed by atoms with E-state index >= 15 is 0 Å². The van der Waals surface area contributed by atoms with Crippen molar-refractivity contribution >= 4 is 11.6 Å². The van der Waals surface area contributed by atoms with Crippen LogP contribution in [0.15, 0.2) is 55.1 Å². The van der Waals surface area contributed by atoms with E-state index in [1.165, 1.54) is 6.07 Å². The normalized spacial score (nSPS) is 19.2. The van der Waals surface area contributed by atoms with E-state index in [9.17, 15) is 9.18 Å². The van der Waals surface area contributed by atoms with Crippen molar-refractivity contribution in [1.29, 1.82) is 0 Å². The Balaban J connectivity index is 1.48. The Kier molecular flexibility index (Phi) is 3.45. The summed E-state index contributed by atoms with van der Waals surface area (Å²) in [7, 11) is 1.86.